The number of nitrogens with zero attached hydrogens (tertiary/aromatic N) is 2. The van der Waals surface area contributed by atoms with E-state index in [2.05, 4.69) is 0 Å². The van der Waals surface area contributed by atoms with Gasteiger partial charge in [0, 0.05) is 6.07 Å². The fraction of sp³-hybridized carbons (Fsp3) is 0.235. The molecule has 0 aromatic heterocycles. The van der Waals surface area contributed by atoms with Gasteiger partial charge in [-0.15, -0.1) is 0 Å². The van der Waals surface area contributed by atoms with E-state index in [1.807, 2.05) is 6.07 Å². The monoisotopic (exact) mass is 408 g/mol. The lowest BCUT2D eigenvalue weighted by atomic mass is 10.2. The highest BCUT2D eigenvalue weighted by Gasteiger charge is 2.45. The topological polar surface area (TPSA) is 136 Å². The summed E-state index contributed by atoms with van der Waals surface area (Å²) in [5.41, 5.74) is 0.130. The third-order valence-corrected chi connectivity index (χ3v) is 7.75. The number of hydrogen-bond acceptors (Lipinski definition) is 7. The number of benzene rings is 2. The molecule has 1 aliphatic rings. The van der Waals surface area contributed by atoms with E-state index in [-0.39, 0.29) is 21.9 Å². The summed E-state index contributed by atoms with van der Waals surface area (Å²) in [6.07, 6.45) is -1.42. The SMILES string of the molecule is N#Cc1cccc(S(=O)(=O)N(c2cccc(O)c2)[C@@H]2CS(=O)(=O)C[C@H]2O)c1. The molecule has 0 saturated carbocycles. The van der Waals surface area contributed by atoms with Crippen LogP contribution < -0.4 is 4.31 Å². The molecule has 1 fully saturated rings. The minimum absolute atomic E-state index is 0.0125. The molecule has 0 aliphatic carbocycles. The Hall–Kier alpha value is -2.61. The summed E-state index contributed by atoms with van der Waals surface area (Å²) in [5, 5.41) is 29.0. The van der Waals surface area contributed by atoms with Crippen molar-refractivity contribution in [1.29, 1.82) is 5.26 Å². The van der Waals surface area contributed by atoms with Gasteiger partial charge in [0.15, 0.2) is 9.84 Å². The van der Waals surface area contributed by atoms with Crippen LogP contribution in [-0.4, -0.2) is 50.7 Å². The minimum Gasteiger partial charge on any atom is -0.508 e. The summed E-state index contributed by atoms with van der Waals surface area (Å²) < 4.78 is 51.3. The second kappa shape index (κ2) is 6.84. The zero-order valence-electron chi connectivity index (χ0n) is 13.9. The van der Waals surface area contributed by atoms with Crippen LogP contribution in [0.1, 0.15) is 5.56 Å². The van der Waals surface area contributed by atoms with Gasteiger partial charge in [-0.25, -0.2) is 16.8 Å². The number of aliphatic hydroxyl groups excluding tert-OH is 1. The average molecular weight is 408 g/mol. The van der Waals surface area contributed by atoms with Gasteiger partial charge in [0.1, 0.15) is 5.75 Å². The minimum atomic E-state index is -4.32. The van der Waals surface area contributed by atoms with Gasteiger partial charge in [-0.2, -0.15) is 5.26 Å². The van der Waals surface area contributed by atoms with Crippen LogP contribution in [0.4, 0.5) is 5.69 Å². The van der Waals surface area contributed by atoms with Crippen LogP contribution >= 0.6 is 0 Å². The lowest BCUT2D eigenvalue weighted by Gasteiger charge is -2.31. The molecule has 0 radical (unpaired) electrons. The molecule has 27 heavy (non-hydrogen) atoms. The van der Waals surface area contributed by atoms with Crippen molar-refractivity contribution in [3.8, 4) is 11.8 Å². The Balaban J connectivity index is 2.19. The fourth-order valence-electron chi connectivity index (χ4n) is 3.01. The number of phenolic OH excluding ortho intramolecular Hbond substituents is 1. The number of hydrogen-bond donors (Lipinski definition) is 2. The first-order valence-electron chi connectivity index (χ1n) is 7.86. The summed E-state index contributed by atoms with van der Waals surface area (Å²) in [7, 11) is -7.96. The molecule has 2 aromatic carbocycles. The maximum absolute atomic E-state index is 13.3. The van der Waals surface area contributed by atoms with Gasteiger partial charge >= 0.3 is 0 Å². The molecule has 2 atom stereocenters. The van der Waals surface area contributed by atoms with Gasteiger partial charge < -0.3 is 10.2 Å². The lowest BCUT2D eigenvalue weighted by molar-refractivity contribution is 0.184. The first-order valence-corrected chi connectivity index (χ1v) is 11.1. The van der Waals surface area contributed by atoms with Crippen LogP contribution in [0.2, 0.25) is 0 Å². The van der Waals surface area contributed by atoms with E-state index in [0.717, 1.165) is 4.31 Å². The van der Waals surface area contributed by atoms with Crippen LogP contribution in [0, 0.1) is 11.3 Å². The molecule has 8 nitrogen and oxygen atoms in total. The van der Waals surface area contributed by atoms with Crippen molar-refractivity contribution in [1.82, 2.24) is 0 Å². The first-order chi connectivity index (χ1) is 12.6. The molecule has 3 rings (SSSR count). The van der Waals surface area contributed by atoms with E-state index < -0.39 is 43.5 Å². The number of aromatic hydroxyl groups is 1. The van der Waals surface area contributed by atoms with Gasteiger partial charge in [0.05, 0.1) is 45.9 Å². The second-order valence-corrected chi connectivity index (χ2v) is 10.1. The zero-order chi connectivity index (χ0) is 19.8. The number of anilines is 1. The first kappa shape index (κ1) is 19.2. The van der Waals surface area contributed by atoms with Crippen LogP contribution in [0.15, 0.2) is 53.4 Å². The maximum Gasteiger partial charge on any atom is 0.264 e. The van der Waals surface area contributed by atoms with E-state index in [9.17, 15) is 27.0 Å². The summed E-state index contributed by atoms with van der Waals surface area (Å²) in [4.78, 5) is -0.221. The molecule has 1 heterocycles. The third-order valence-electron chi connectivity index (χ3n) is 4.20. The third kappa shape index (κ3) is 3.75. The van der Waals surface area contributed by atoms with Crippen LogP contribution in [-0.2, 0) is 19.9 Å². The van der Waals surface area contributed by atoms with Crippen molar-refractivity contribution in [3.63, 3.8) is 0 Å². The maximum atomic E-state index is 13.3. The highest BCUT2D eigenvalue weighted by molar-refractivity contribution is 7.93. The van der Waals surface area contributed by atoms with E-state index in [1.54, 1.807) is 0 Å². The van der Waals surface area contributed by atoms with Crippen molar-refractivity contribution >= 4 is 25.5 Å². The fourth-order valence-corrected chi connectivity index (χ4v) is 6.59. The van der Waals surface area contributed by atoms with Crippen molar-refractivity contribution in [2.24, 2.45) is 0 Å². The van der Waals surface area contributed by atoms with E-state index in [1.165, 1.54) is 48.5 Å². The number of sulfone groups is 1. The average Bonchev–Trinajstić information content (AvgIpc) is 2.87. The van der Waals surface area contributed by atoms with Crippen molar-refractivity contribution in [2.45, 2.75) is 17.0 Å². The number of sulfonamides is 1. The smallest absolute Gasteiger partial charge is 0.264 e. The number of aliphatic hydroxyl groups is 1. The molecule has 142 valence electrons. The van der Waals surface area contributed by atoms with Gasteiger partial charge in [-0.3, -0.25) is 4.31 Å². The molecule has 2 aromatic rings. The highest BCUT2D eigenvalue weighted by atomic mass is 32.2. The van der Waals surface area contributed by atoms with Crippen LogP contribution in [0.5, 0.6) is 5.75 Å². The molecule has 1 saturated heterocycles. The van der Waals surface area contributed by atoms with Gasteiger partial charge in [0.25, 0.3) is 10.0 Å². The lowest BCUT2D eigenvalue weighted by Crippen LogP contribution is -2.47. The van der Waals surface area contributed by atoms with E-state index >= 15 is 0 Å². The van der Waals surface area contributed by atoms with E-state index in [4.69, 9.17) is 5.26 Å². The normalized spacial score (nSPS) is 21.5. The Morgan fingerprint density at radius 3 is 2.41 bits per heavy atom. The zero-order valence-corrected chi connectivity index (χ0v) is 15.6. The molecule has 2 N–H and O–H groups in total. The molecular formula is C17H16N2O6S2. The Labute approximate surface area is 156 Å². The standard InChI is InChI=1S/C17H16N2O6S2/c18-9-12-3-1-6-15(7-12)27(24,25)19(13-4-2-5-14(20)8-13)16-10-26(22,23)11-17(16)21/h1-8,16-17,20-21H,10-11H2/t16-,17-/m1/s1. The van der Waals surface area contributed by atoms with Crippen molar-refractivity contribution in [3.05, 3.63) is 54.1 Å². The number of phenols is 1. The Bertz CT molecular complexity index is 1120. The second-order valence-electron chi connectivity index (χ2n) is 6.17. The van der Waals surface area contributed by atoms with E-state index in [0.29, 0.717) is 0 Å². The number of nitriles is 1. The summed E-state index contributed by atoms with van der Waals surface area (Å²) >= 11 is 0. The molecule has 1 aliphatic heterocycles. The molecule has 10 heteroatoms. The molecular weight excluding hydrogens is 392 g/mol. The molecule has 0 unspecified atom stereocenters. The Morgan fingerprint density at radius 1 is 1.11 bits per heavy atom. The predicted octanol–water partition coefficient (Wildman–Crippen LogP) is 0.617. The summed E-state index contributed by atoms with van der Waals surface area (Å²) in [5.74, 6) is -1.32. The van der Waals surface area contributed by atoms with Gasteiger partial charge in [-0.05, 0) is 30.3 Å². The molecule has 0 amide bonds. The van der Waals surface area contributed by atoms with Crippen molar-refractivity contribution < 1.29 is 27.0 Å². The Kier molecular flexibility index (Phi) is 4.86. The number of rotatable bonds is 4. The van der Waals surface area contributed by atoms with Crippen molar-refractivity contribution in [2.75, 3.05) is 15.8 Å². The van der Waals surface area contributed by atoms with Gasteiger partial charge in [-0.1, -0.05) is 12.1 Å². The van der Waals surface area contributed by atoms with Crippen LogP contribution in [0.25, 0.3) is 0 Å². The highest BCUT2D eigenvalue weighted by Crippen LogP contribution is 2.32. The van der Waals surface area contributed by atoms with Crippen LogP contribution in [0.3, 0.4) is 0 Å². The van der Waals surface area contributed by atoms with Gasteiger partial charge in [0.2, 0.25) is 0 Å². The molecule has 0 spiro atoms. The Morgan fingerprint density at radius 2 is 1.81 bits per heavy atom. The summed E-state index contributed by atoms with van der Waals surface area (Å²) in [6, 6.07) is 11.2. The molecule has 0 bridgehead atoms. The largest absolute Gasteiger partial charge is 0.508 e. The quantitative estimate of drug-likeness (QED) is 0.757. The predicted molar refractivity (Wildman–Crippen MR) is 97.4 cm³/mol. The summed E-state index contributed by atoms with van der Waals surface area (Å²) in [6.45, 7) is 0.